The van der Waals surface area contributed by atoms with Crippen LogP contribution in [0.3, 0.4) is 0 Å². The van der Waals surface area contributed by atoms with Gasteiger partial charge in [0.25, 0.3) is 0 Å². The maximum Gasteiger partial charge on any atom is 0.201 e. The number of allylic oxidation sites excluding steroid dienone is 6. The molecule has 0 amide bonds. The van der Waals surface area contributed by atoms with E-state index in [4.69, 9.17) is 0 Å². The monoisotopic (exact) mass is 504 g/mol. The molecule has 5 heteroatoms. The summed E-state index contributed by atoms with van der Waals surface area (Å²) in [6.07, 6.45) is 5.17. The molecule has 1 aromatic carbocycles. The van der Waals surface area contributed by atoms with Crippen LogP contribution in [-0.4, -0.2) is 47.8 Å². The summed E-state index contributed by atoms with van der Waals surface area (Å²) in [5, 5.41) is 10.9. The van der Waals surface area contributed by atoms with E-state index >= 15 is 0 Å². The van der Waals surface area contributed by atoms with Crippen molar-refractivity contribution in [1.29, 1.82) is 0 Å². The zero-order valence-electron chi connectivity index (χ0n) is 23.8. The second kappa shape index (κ2) is 12.0. The third-order valence-corrected chi connectivity index (χ3v) is 6.39. The largest absolute Gasteiger partial charge is 0.506 e. The number of hydrogen-bond acceptors (Lipinski definition) is 5. The zero-order valence-corrected chi connectivity index (χ0v) is 23.8. The lowest BCUT2D eigenvalue weighted by Crippen LogP contribution is -2.32. The lowest BCUT2D eigenvalue weighted by molar-refractivity contribution is -0.114. The molecule has 3 rings (SSSR count). The molecule has 0 saturated carbocycles. The molecule has 0 heterocycles. The van der Waals surface area contributed by atoms with Crippen LogP contribution in [0.2, 0.25) is 0 Å². The Kier molecular flexibility index (Phi) is 9.22. The smallest absolute Gasteiger partial charge is 0.201 e. The molecule has 0 aliphatic heterocycles. The van der Waals surface area contributed by atoms with Crippen LogP contribution in [0.25, 0.3) is 5.57 Å². The van der Waals surface area contributed by atoms with E-state index in [-0.39, 0.29) is 34.0 Å². The Hall–Kier alpha value is -3.08. The highest BCUT2D eigenvalue weighted by atomic mass is 16.3. The van der Waals surface area contributed by atoms with Crippen molar-refractivity contribution >= 4 is 22.8 Å². The molecule has 37 heavy (non-hydrogen) atoms. The van der Waals surface area contributed by atoms with Gasteiger partial charge >= 0.3 is 0 Å². The number of aliphatic hydroxyl groups is 1. The summed E-state index contributed by atoms with van der Waals surface area (Å²) in [4.78, 5) is 30.8. The summed E-state index contributed by atoms with van der Waals surface area (Å²) in [6, 6.07) is 7.80. The van der Waals surface area contributed by atoms with Gasteiger partial charge in [-0.3, -0.25) is 9.59 Å². The van der Waals surface area contributed by atoms with Gasteiger partial charge in [-0.2, -0.15) is 0 Å². The maximum atomic E-state index is 13.1. The van der Waals surface area contributed by atoms with E-state index in [0.29, 0.717) is 29.2 Å². The van der Waals surface area contributed by atoms with E-state index in [9.17, 15) is 14.7 Å². The summed E-state index contributed by atoms with van der Waals surface area (Å²) in [5.41, 5.74) is 3.30. The number of carbonyl (C=O) groups excluding carboxylic acids is 2. The van der Waals surface area contributed by atoms with Crippen LogP contribution in [0.1, 0.15) is 61.0 Å². The molecule has 0 unspecified atom stereocenters. The number of anilines is 1. The van der Waals surface area contributed by atoms with Crippen LogP contribution in [0, 0.1) is 23.7 Å². The van der Waals surface area contributed by atoms with Crippen molar-refractivity contribution in [3.63, 3.8) is 0 Å². The number of rotatable bonds is 11. The van der Waals surface area contributed by atoms with Gasteiger partial charge < -0.3 is 14.9 Å². The molecule has 0 saturated heterocycles. The molecule has 0 aromatic heterocycles. The Morgan fingerprint density at radius 3 is 1.59 bits per heavy atom. The fourth-order valence-corrected chi connectivity index (χ4v) is 5.01. The highest BCUT2D eigenvalue weighted by Gasteiger charge is 2.38. The molecule has 2 aliphatic carbocycles. The van der Waals surface area contributed by atoms with E-state index in [2.05, 4.69) is 65.2 Å². The van der Waals surface area contributed by atoms with Crippen molar-refractivity contribution in [3.05, 3.63) is 70.7 Å². The van der Waals surface area contributed by atoms with Gasteiger partial charge in [0.15, 0.2) is 5.78 Å². The molecule has 200 valence electrons. The number of nitrogens with zero attached hydrogens (tertiary/aromatic N) is 2. The van der Waals surface area contributed by atoms with Gasteiger partial charge in [0.2, 0.25) is 5.78 Å². The fraction of sp³-hybridized carbons (Fsp3) is 0.500. The van der Waals surface area contributed by atoms with Crippen molar-refractivity contribution in [3.8, 4) is 0 Å². The Morgan fingerprint density at radius 2 is 1.16 bits per heavy atom. The number of benzene rings is 1. The average molecular weight is 505 g/mol. The molecular weight excluding hydrogens is 460 g/mol. The SMILES string of the molecule is CC(C)CN(CC(C)C)C1=CC(=O)C(=C2C(=O)C(c3ccc(N(CC(C)C)CC(C)C)cc3)=C2O)C=C1. The van der Waals surface area contributed by atoms with E-state index in [1.54, 1.807) is 12.2 Å². The predicted molar refractivity (Wildman–Crippen MR) is 153 cm³/mol. The summed E-state index contributed by atoms with van der Waals surface area (Å²) in [7, 11) is 0. The van der Waals surface area contributed by atoms with E-state index in [0.717, 1.165) is 37.6 Å². The molecule has 2 aliphatic rings. The molecule has 0 spiro atoms. The van der Waals surface area contributed by atoms with Crippen LogP contribution in [0.5, 0.6) is 0 Å². The van der Waals surface area contributed by atoms with Crippen LogP contribution < -0.4 is 4.90 Å². The normalized spacial score (nSPS) is 17.9. The number of ketones is 2. The number of hydrogen-bond donors (Lipinski definition) is 1. The Bertz CT molecular complexity index is 1110. The van der Waals surface area contributed by atoms with Gasteiger partial charge in [-0.15, -0.1) is 0 Å². The van der Waals surface area contributed by atoms with Crippen LogP contribution >= 0.6 is 0 Å². The van der Waals surface area contributed by atoms with E-state index < -0.39 is 0 Å². The highest BCUT2D eigenvalue weighted by Crippen LogP contribution is 2.39. The minimum Gasteiger partial charge on any atom is -0.506 e. The van der Waals surface area contributed by atoms with Crippen molar-refractivity contribution in [1.82, 2.24) is 4.90 Å². The minimum absolute atomic E-state index is 0.0926. The number of Topliss-reactive ketones (excluding diaryl/α,β-unsaturated/α-hetero) is 1. The van der Waals surface area contributed by atoms with Crippen molar-refractivity contribution in [2.24, 2.45) is 23.7 Å². The predicted octanol–water partition coefficient (Wildman–Crippen LogP) is 6.59. The first-order valence-electron chi connectivity index (χ1n) is 13.7. The van der Waals surface area contributed by atoms with Crippen LogP contribution in [-0.2, 0) is 9.59 Å². The molecule has 1 N–H and O–H groups in total. The Morgan fingerprint density at radius 1 is 0.676 bits per heavy atom. The van der Waals surface area contributed by atoms with Crippen LogP contribution in [0.15, 0.2) is 65.1 Å². The van der Waals surface area contributed by atoms with E-state index in [1.807, 2.05) is 30.3 Å². The summed E-state index contributed by atoms with van der Waals surface area (Å²) in [6.45, 7) is 21.1. The van der Waals surface area contributed by atoms with Gasteiger partial charge in [0, 0.05) is 49.2 Å². The van der Waals surface area contributed by atoms with Gasteiger partial charge in [-0.05, 0) is 53.5 Å². The highest BCUT2D eigenvalue weighted by molar-refractivity contribution is 6.41. The lowest BCUT2D eigenvalue weighted by atomic mass is 9.79. The first kappa shape index (κ1) is 28.5. The summed E-state index contributed by atoms with van der Waals surface area (Å²) in [5.74, 6) is 1.37. The second-order valence-electron chi connectivity index (χ2n) is 12.0. The Labute approximate surface area is 223 Å². The quantitative estimate of drug-likeness (QED) is 0.345. The topological polar surface area (TPSA) is 60.9 Å². The molecule has 0 atom stereocenters. The molecule has 0 bridgehead atoms. The first-order valence-corrected chi connectivity index (χ1v) is 13.7. The third kappa shape index (κ3) is 6.82. The molecule has 1 aromatic rings. The fourth-order valence-electron chi connectivity index (χ4n) is 5.01. The standard InChI is InChI=1S/C32H44N2O3/c1-20(2)16-33(17-21(3)4)25-11-9-24(10-12-25)29-31(36)30(32(29)37)27-14-13-26(15-28(27)35)34(18-22(5)6)19-23(7)8/h9-15,20-23,36H,16-19H2,1-8H3. The van der Waals surface area contributed by atoms with Crippen molar-refractivity contribution in [2.75, 3.05) is 31.1 Å². The molecule has 0 fully saturated rings. The summed E-state index contributed by atoms with van der Waals surface area (Å²) < 4.78 is 0. The van der Waals surface area contributed by atoms with Crippen LogP contribution in [0.4, 0.5) is 5.69 Å². The minimum atomic E-state index is -0.280. The number of aliphatic hydroxyl groups excluding tert-OH is 1. The van der Waals surface area contributed by atoms with E-state index in [1.165, 1.54) is 0 Å². The molecule has 5 nitrogen and oxygen atoms in total. The lowest BCUT2D eigenvalue weighted by Gasteiger charge is -2.31. The van der Waals surface area contributed by atoms with Crippen molar-refractivity contribution in [2.45, 2.75) is 55.4 Å². The number of carbonyl (C=O) groups is 2. The van der Waals surface area contributed by atoms with Crippen molar-refractivity contribution < 1.29 is 14.7 Å². The van der Waals surface area contributed by atoms with Gasteiger partial charge in [-0.25, -0.2) is 0 Å². The second-order valence-corrected chi connectivity index (χ2v) is 12.0. The van der Waals surface area contributed by atoms with Gasteiger partial charge in [-0.1, -0.05) is 67.5 Å². The molecule has 0 radical (unpaired) electrons. The third-order valence-electron chi connectivity index (χ3n) is 6.39. The zero-order chi connectivity index (χ0) is 27.4. The molecular formula is C32H44N2O3. The Balaban J connectivity index is 1.85. The summed E-state index contributed by atoms with van der Waals surface area (Å²) >= 11 is 0. The first-order chi connectivity index (χ1) is 17.4. The average Bonchev–Trinajstić information content (AvgIpc) is 2.79. The van der Waals surface area contributed by atoms with Gasteiger partial charge in [0.05, 0.1) is 11.1 Å². The maximum absolute atomic E-state index is 13.1. The van der Waals surface area contributed by atoms with Gasteiger partial charge in [0.1, 0.15) is 5.76 Å².